The third-order valence-electron chi connectivity index (χ3n) is 2.70. The molecule has 0 radical (unpaired) electrons. The average molecular weight is 296 g/mol. The Morgan fingerprint density at radius 2 is 2.05 bits per heavy atom. The molecule has 2 amide bonds. The lowest BCUT2D eigenvalue weighted by Gasteiger charge is -2.18. The summed E-state index contributed by atoms with van der Waals surface area (Å²) >= 11 is 0. The van der Waals surface area contributed by atoms with Crippen LogP contribution in [0.3, 0.4) is 0 Å². The number of carboxylic acid groups (broad SMARTS) is 1. The van der Waals surface area contributed by atoms with E-state index >= 15 is 0 Å². The van der Waals surface area contributed by atoms with E-state index in [2.05, 4.69) is 10.6 Å². The van der Waals surface area contributed by atoms with Gasteiger partial charge in [-0.3, -0.25) is 0 Å². The van der Waals surface area contributed by atoms with Gasteiger partial charge in [0.25, 0.3) is 0 Å². The number of urea groups is 1. The van der Waals surface area contributed by atoms with Crippen molar-refractivity contribution in [3.63, 3.8) is 0 Å². The normalized spacial score (nSPS) is 13.1. The second-order valence-corrected chi connectivity index (χ2v) is 4.85. The Bertz CT molecular complexity index is 502. The van der Waals surface area contributed by atoms with Crippen molar-refractivity contribution in [2.24, 2.45) is 0 Å². The van der Waals surface area contributed by atoms with Gasteiger partial charge in [-0.15, -0.1) is 0 Å². The summed E-state index contributed by atoms with van der Waals surface area (Å²) in [6.45, 7) is 3.22. The van der Waals surface area contributed by atoms with E-state index in [0.717, 1.165) is 12.5 Å². The zero-order valence-electron chi connectivity index (χ0n) is 12.0. The van der Waals surface area contributed by atoms with E-state index in [1.165, 1.54) is 0 Å². The molecule has 0 saturated carbocycles. The summed E-state index contributed by atoms with van der Waals surface area (Å²) in [5, 5.41) is 22.9. The number of benzene rings is 1. The molecule has 0 spiro atoms. The van der Waals surface area contributed by atoms with Gasteiger partial charge in [-0.25, -0.2) is 9.59 Å². The lowest BCUT2D eigenvalue weighted by molar-refractivity contribution is -0.155. The van der Waals surface area contributed by atoms with Crippen LogP contribution in [0.1, 0.15) is 12.5 Å². The summed E-state index contributed by atoms with van der Waals surface area (Å²) in [4.78, 5) is 22.0. The van der Waals surface area contributed by atoms with Crippen LogP contribution in [-0.2, 0) is 4.79 Å². The molecule has 1 unspecified atom stereocenters. The quantitative estimate of drug-likeness (QED) is 0.548. The molecule has 0 aliphatic carbocycles. The van der Waals surface area contributed by atoms with E-state index in [9.17, 15) is 14.7 Å². The van der Waals surface area contributed by atoms with Gasteiger partial charge < -0.3 is 25.6 Å². The van der Waals surface area contributed by atoms with Crippen molar-refractivity contribution in [2.75, 3.05) is 19.7 Å². The standard InChI is InChI=1S/C14H20N2O5/c1-10-4-3-5-11(8-10)21-7-6-15-13(19)16-9-14(2,20)12(17)18/h3-5,8,20H,6-7,9H2,1-2H3,(H,17,18)(H2,15,16,19). The summed E-state index contributed by atoms with van der Waals surface area (Å²) in [5.74, 6) is -0.684. The van der Waals surface area contributed by atoms with E-state index < -0.39 is 17.6 Å². The molecule has 1 atom stereocenters. The number of rotatable bonds is 7. The minimum atomic E-state index is -1.99. The molecule has 4 N–H and O–H groups in total. The van der Waals surface area contributed by atoms with Gasteiger partial charge >= 0.3 is 12.0 Å². The first-order valence-corrected chi connectivity index (χ1v) is 6.48. The molecule has 0 bridgehead atoms. The predicted octanol–water partition coefficient (Wildman–Crippen LogP) is 0.509. The Balaban J connectivity index is 2.21. The van der Waals surface area contributed by atoms with Gasteiger partial charge in [0.2, 0.25) is 0 Å². The van der Waals surface area contributed by atoms with Crippen LogP contribution in [0.25, 0.3) is 0 Å². The molecule has 116 valence electrons. The summed E-state index contributed by atoms with van der Waals surface area (Å²) in [6.07, 6.45) is 0. The molecule has 0 saturated heterocycles. The number of carbonyl (C=O) groups excluding carboxylic acids is 1. The maximum Gasteiger partial charge on any atom is 0.337 e. The number of carbonyl (C=O) groups is 2. The van der Waals surface area contributed by atoms with Gasteiger partial charge in [0.05, 0.1) is 13.1 Å². The van der Waals surface area contributed by atoms with Gasteiger partial charge in [-0.05, 0) is 31.5 Å². The van der Waals surface area contributed by atoms with E-state index in [4.69, 9.17) is 9.84 Å². The van der Waals surface area contributed by atoms with Crippen LogP contribution in [0.2, 0.25) is 0 Å². The Hall–Kier alpha value is -2.28. The molecule has 0 heterocycles. The Labute approximate surface area is 122 Å². The molecule has 0 aliphatic rings. The molecular formula is C14H20N2O5. The number of nitrogens with one attached hydrogen (secondary N) is 2. The molecule has 1 rings (SSSR count). The first-order chi connectivity index (χ1) is 9.81. The third kappa shape index (κ3) is 6.13. The maximum absolute atomic E-state index is 11.4. The minimum absolute atomic E-state index is 0.259. The van der Waals surface area contributed by atoms with Crippen molar-refractivity contribution in [3.05, 3.63) is 29.8 Å². The fourth-order valence-corrected chi connectivity index (χ4v) is 1.43. The van der Waals surface area contributed by atoms with Crippen molar-refractivity contribution in [2.45, 2.75) is 19.4 Å². The minimum Gasteiger partial charge on any atom is -0.492 e. The number of hydrogen-bond donors (Lipinski definition) is 4. The highest BCUT2D eigenvalue weighted by atomic mass is 16.5. The number of amides is 2. The second-order valence-electron chi connectivity index (χ2n) is 4.85. The van der Waals surface area contributed by atoms with Gasteiger partial charge in [0.15, 0.2) is 5.60 Å². The number of aliphatic hydroxyl groups is 1. The number of aryl methyl sites for hydroxylation is 1. The Kier molecular flexibility index (Phi) is 5.98. The molecule has 1 aromatic carbocycles. The Morgan fingerprint density at radius 1 is 1.33 bits per heavy atom. The molecule has 7 heteroatoms. The highest BCUT2D eigenvalue weighted by Gasteiger charge is 2.30. The van der Waals surface area contributed by atoms with Crippen molar-refractivity contribution >= 4 is 12.0 Å². The molecule has 7 nitrogen and oxygen atoms in total. The zero-order valence-corrected chi connectivity index (χ0v) is 12.0. The Morgan fingerprint density at radius 3 is 2.67 bits per heavy atom. The van der Waals surface area contributed by atoms with Crippen molar-refractivity contribution in [1.82, 2.24) is 10.6 Å². The first-order valence-electron chi connectivity index (χ1n) is 6.48. The van der Waals surface area contributed by atoms with Gasteiger partial charge in [0.1, 0.15) is 12.4 Å². The molecule has 21 heavy (non-hydrogen) atoms. The molecule has 0 fully saturated rings. The summed E-state index contributed by atoms with van der Waals surface area (Å²) in [7, 11) is 0. The van der Waals surface area contributed by atoms with Crippen molar-refractivity contribution in [3.8, 4) is 5.75 Å². The summed E-state index contributed by atoms with van der Waals surface area (Å²) in [6, 6.07) is 6.96. The van der Waals surface area contributed by atoms with Gasteiger partial charge in [0, 0.05) is 0 Å². The first kappa shape index (κ1) is 16.8. The summed E-state index contributed by atoms with van der Waals surface area (Å²) < 4.78 is 5.43. The molecular weight excluding hydrogens is 276 g/mol. The largest absolute Gasteiger partial charge is 0.492 e. The van der Waals surface area contributed by atoms with Crippen molar-refractivity contribution < 1.29 is 24.5 Å². The van der Waals surface area contributed by atoms with E-state index in [1.807, 2.05) is 31.2 Å². The maximum atomic E-state index is 11.4. The van der Waals surface area contributed by atoms with Crippen LogP contribution in [-0.4, -0.2) is 47.5 Å². The zero-order chi connectivity index (χ0) is 15.9. The van der Waals surface area contributed by atoms with E-state index in [-0.39, 0.29) is 19.7 Å². The molecule has 1 aromatic rings. The number of aliphatic carboxylic acids is 1. The van der Waals surface area contributed by atoms with Gasteiger partial charge in [-0.2, -0.15) is 0 Å². The van der Waals surface area contributed by atoms with Crippen molar-refractivity contribution in [1.29, 1.82) is 0 Å². The predicted molar refractivity (Wildman–Crippen MR) is 76.3 cm³/mol. The van der Waals surface area contributed by atoms with Crippen LogP contribution >= 0.6 is 0 Å². The summed E-state index contributed by atoms with van der Waals surface area (Å²) in [5.41, 5.74) is -0.913. The lowest BCUT2D eigenvalue weighted by Crippen LogP contribution is -2.49. The fourth-order valence-electron chi connectivity index (χ4n) is 1.43. The third-order valence-corrected chi connectivity index (χ3v) is 2.70. The topological polar surface area (TPSA) is 108 Å². The lowest BCUT2D eigenvalue weighted by atomic mass is 10.1. The molecule has 0 aliphatic heterocycles. The van der Waals surface area contributed by atoms with Crippen LogP contribution in [0.5, 0.6) is 5.75 Å². The number of ether oxygens (including phenoxy) is 1. The van der Waals surface area contributed by atoms with E-state index in [0.29, 0.717) is 5.75 Å². The number of carboxylic acids is 1. The van der Waals surface area contributed by atoms with Crippen LogP contribution in [0.15, 0.2) is 24.3 Å². The number of hydrogen-bond acceptors (Lipinski definition) is 4. The van der Waals surface area contributed by atoms with Crippen LogP contribution < -0.4 is 15.4 Å². The highest BCUT2D eigenvalue weighted by molar-refractivity contribution is 5.79. The fraction of sp³-hybridized carbons (Fsp3) is 0.429. The highest BCUT2D eigenvalue weighted by Crippen LogP contribution is 2.11. The monoisotopic (exact) mass is 296 g/mol. The average Bonchev–Trinajstić information content (AvgIpc) is 2.41. The van der Waals surface area contributed by atoms with Crippen LogP contribution in [0, 0.1) is 6.92 Å². The SMILES string of the molecule is Cc1cccc(OCCNC(=O)NCC(C)(O)C(=O)O)c1. The van der Waals surface area contributed by atoms with E-state index in [1.54, 1.807) is 0 Å². The molecule has 0 aromatic heterocycles. The van der Waals surface area contributed by atoms with Crippen LogP contribution in [0.4, 0.5) is 4.79 Å². The van der Waals surface area contributed by atoms with Gasteiger partial charge in [-0.1, -0.05) is 12.1 Å². The smallest absolute Gasteiger partial charge is 0.337 e. The second kappa shape index (κ2) is 7.49.